The van der Waals surface area contributed by atoms with E-state index in [1.807, 2.05) is 0 Å². The first-order valence-electron chi connectivity index (χ1n) is 8.37. The molecule has 7 nitrogen and oxygen atoms in total. The van der Waals surface area contributed by atoms with Crippen molar-refractivity contribution < 1.29 is 26.9 Å². The van der Waals surface area contributed by atoms with Crippen LogP contribution in [-0.2, 0) is 9.73 Å². The number of hydrogen-bond acceptors (Lipinski definition) is 5. The summed E-state index contributed by atoms with van der Waals surface area (Å²) in [7, 11) is -3.12. The van der Waals surface area contributed by atoms with E-state index in [9.17, 15) is 22.2 Å². The number of alkyl halides is 3. The third-order valence-electron chi connectivity index (χ3n) is 3.97. The van der Waals surface area contributed by atoms with E-state index in [1.54, 1.807) is 12.1 Å². The quantitative estimate of drug-likeness (QED) is 0.506. The van der Waals surface area contributed by atoms with E-state index in [1.165, 1.54) is 31.4 Å². The van der Waals surface area contributed by atoms with Crippen LogP contribution in [0.15, 0.2) is 51.7 Å². The molecule has 1 amide bonds. The van der Waals surface area contributed by atoms with Crippen LogP contribution in [0.25, 0.3) is 5.69 Å². The van der Waals surface area contributed by atoms with E-state index in [4.69, 9.17) is 23.2 Å². The maximum absolute atomic E-state index is 12.9. The third kappa shape index (κ3) is 5.35. The number of benzene rings is 2. The Labute approximate surface area is 184 Å². The summed E-state index contributed by atoms with van der Waals surface area (Å²) in [6.45, 7) is 1.48. The molecule has 0 aliphatic carbocycles. The zero-order valence-corrected chi connectivity index (χ0v) is 18.2. The summed E-state index contributed by atoms with van der Waals surface area (Å²) in [5.74, 6) is -1.40. The van der Waals surface area contributed by atoms with Gasteiger partial charge in [-0.3, -0.25) is 4.79 Å². The number of carbonyl (C=O) groups excluding carboxylic acids is 1. The molecule has 1 unspecified atom stereocenters. The second-order valence-corrected chi connectivity index (χ2v) is 9.36. The van der Waals surface area contributed by atoms with Crippen LogP contribution in [0.5, 0.6) is 5.75 Å². The number of nitrogens with zero attached hydrogens (tertiary/aromatic N) is 4. The largest absolute Gasteiger partial charge is 0.573 e. The maximum atomic E-state index is 12.9. The Kier molecular flexibility index (Phi) is 6.30. The summed E-state index contributed by atoms with van der Waals surface area (Å²) in [6.07, 6.45) is -3.59. The van der Waals surface area contributed by atoms with Gasteiger partial charge in [0.1, 0.15) is 5.75 Å². The first-order valence-corrected chi connectivity index (χ1v) is 11.1. The van der Waals surface area contributed by atoms with Crippen molar-refractivity contribution in [3.05, 3.63) is 63.9 Å². The highest BCUT2D eigenvalue weighted by Gasteiger charge is 2.31. The number of halogens is 5. The molecule has 1 atom stereocenters. The molecule has 2 aromatic carbocycles. The van der Waals surface area contributed by atoms with Crippen LogP contribution in [0.3, 0.4) is 0 Å². The molecule has 13 heteroatoms. The Bertz CT molecular complexity index is 1280. The van der Waals surface area contributed by atoms with Crippen molar-refractivity contribution in [3.63, 3.8) is 0 Å². The van der Waals surface area contributed by atoms with Gasteiger partial charge in [0, 0.05) is 22.2 Å². The minimum Gasteiger partial charge on any atom is -0.406 e. The average Bonchev–Trinajstić information content (AvgIpc) is 3.01. The SMILES string of the molecule is Cc1c(C(=O)N=S(C)(=O)c2cccc(Cl)c2)nnn1-c1ccc(OC(F)(F)F)cc1Cl. The minimum atomic E-state index is -4.87. The Morgan fingerprint density at radius 3 is 2.52 bits per heavy atom. The van der Waals surface area contributed by atoms with Crippen LogP contribution in [-0.4, -0.2) is 37.7 Å². The predicted octanol–water partition coefficient (Wildman–Crippen LogP) is 5.08. The van der Waals surface area contributed by atoms with Crippen LogP contribution in [0, 0.1) is 6.92 Å². The first-order chi connectivity index (χ1) is 14.4. The lowest BCUT2D eigenvalue weighted by Gasteiger charge is -2.11. The summed E-state index contributed by atoms with van der Waals surface area (Å²) < 4.78 is 58.7. The Hall–Kier alpha value is -2.63. The molecule has 0 aliphatic heterocycles. The van der Waals surface area contributed by atoms with Gasteiger partial charge >= 0.3 is 12.3 Å². The Morgan fingerprint density at radius 2 is 1.90 bits per heavy atom. The Balaban J connectivity index is 1.95. The highest BCUT2D eigenvalue weighted by Crippen LogP contribution is 2.30. The topological polar surface area (TPSA) is 86.4 Å². The molecule has 0 radical (unpaired) electrons. The second kappa shape index (κ2) is 8.48. The van der Waals surface area contributed by atoms with Gasteiger partial charge in [-0.1, -0.05) is 34.5 Å². The van der Waals surface area contributed by atoms with Gasteiger partial charge in [-0.15, -0.1) is 18.3 Å². The van der Waals surface area contributed by atoms with Crippen LogP contribution in [0.2, 0.25) is 10.0 Å². The molecule has 0 bridgehead atoms. The summed E-state index contributed by atoms with van der Waals surface area (Å²) in [5.41, 5.74) is 0.164. The van der Waals surface area contributed by atoms with Gasteiger partial charge in [-0.25, -0.2) is 8.89 Å². The lowest BCUT2D eigenvalue weighted by molar-refractivity contribution is -0.274. The highest BCUT2D eigenvalue weighted by molar-refractivity contribution is 7.93. The van der Waals surface area contributed by atoms with Gasteiger partial charge in [0.25, 0.3) is 0 Å². The number of aromatic nitrogens is 3. The molecule has 0 saturated heterocycles. The van der Waals surface area contributed by atoms with E-state index in [-0.39, 0.29) is 27.0 Å². The summed E-state index contributed by atoms with van der Waals surface area (Å²) in [4.78, 5) is 12.9. The molecule has 0 N–H and O–H groups in total. The van der Waals surface area contributed by atoms with Gasteiger partial charge in [-0.05, 0) is 37.3 Å². The van der Waals surface area contributed by atoms with E-state index < -0.39 is 27.7 Å². The molecule has 0 spiro atoms. The predicted molar refractivity (Wildman–Crippen MR) is 108 cm³/mol. The van der Waals surface area contributed by atoms with Gasteiger partial charge in [-0.2, -0.15) is 4.36 Å². The molecule has 164 valence electrons. The summed E-state index contributed by atoms with van der Waals surface area (Å²) in [6, 6.07) is 9.36. The standard InChI is InChI=1S/C18H13Cl2F3N4O3S/c1-10-16(17(28)25-31(2,29)13-5-3-4-11(19)8-13)24-26-27(10)15-7-6-12(9-14(15)20)30-18(21,22)23/h3-9H,1-2H3. The van der Waals surface area contributed by atoms with Gasteiger partial charge in [0.15, 0.2) is 5.69 Å². The minimum absolute atomic E-state index is 0.121. The van der Waals surface area contributed by atoms with Crippen LogP contribution in [0.4, 0.5) is 13.2 Å². The van der Waals surface area contributed by atoms with Crippen LogP contribution < -0.4 is 4.74 Å². The molecular formula is C18H13Cl2F3N4O3S. The fourth-order valence-corrected chi connectivity index (χ4v) is 4.26. The molecule has 3 aromatic rings. The van der Waals surface area contributed by atoms with Crippen molar-refractivity contribution in [2.75, 3.05) is 6.26 Å². The fraction of sp³-hybridized carbons (Fsp3) is 0.167. The average molecular weight is 493 g/mol. The van der Waals surface area contributed by atoms with Gasteiger partial charge < -0.3 is 4.74 Å². The van der Waals surface area contributed by atoms with Crippen molar-refractivity contribution in [2.45, 2.75) is 18.2 Å². The van der Waals surface area contributed by atoms with Crippen molar-refractivity contribution in [2.24, 2.45) is 4.36 Å². The molecule has 1 heterocycles. The second-order valence-electron chi connectivity index (χ2n) is 6.25. The number of rotatable bonds is 4. The van der Waals surface area contributed by atoms with Crippen molar-refractivity contribution in [3.8, 4) is 11.4 Å². The monoisotopic (exact) mass is 492 g/mol. The number of hydrogen-bond donors (Lipinski definition) is 0. The normalized spacial score (nSPS) is 13.5. The van der Waals surface area contributed by atoms with E-state index in [2.05, 4.69) is 19.4 Å². The van der Waals surface area contributed by atoms with E-state index >= 15 is 0 Å². The lowest BCUT2D eigenvalue weighted by Crippen LogP contribution is -2.17. The van der Waals surface area contributed by atoms with Crippen molar-refractivity contribution in [1.29, 1.82) is 0 Å². The molecule has 1 aromatic heterocycles. The van der Waals surface area contributed by atoms with E-state index in [0.717, 1.165) is 16.8 Å². The molecule has 0 fully saturated rings. The van der Waals surface area contributed by atoms with Crippen molar-refractivity contribution in [1.82, 2.24) is 15.0 Å². The number of amides is 1. The molecule has 31 heavy (non-hydrogen) atoms. The summed E-state index contributed by atoms with van der Waals surface area (Å²) >= 11 is 12.0. The number of ether oxygens (including phenoxy) is 1. The van der Waals surface area contributed by atoms with E-state index in [0.29, 0.717) is 5.02 Å². The highest BCUT2D eigenvalue weighted by atomic mass is 35.5. The summed E-state index contributed by atoms with van der Waals surface area (Å²) in [5, 5.41) is 7.79. The molecular weight excluding hydrogens is 480 g/mol. The van der Waals surface area contributed by atoms with Gasteiger partial charge in [0.05, 0.1) is 26.1 Å². The molecule has 3 rings (SSSR count). The first kappa shape index (κ1) is 23.0. The number of carbonyl (C=O) groups is 1. The fourth-order valence-electron chi connectivity index (χ4n) is 2.57. The Morgan fingerprint density at radius 1 is 1.19 bits per heavy atom. The molecule has 0 aliphatic rings. The van der Waals surface area contributed by atoms with Gasteiger partial charge in [0.2, 0.25) is 0 Å². The van der Waals surface area contributed by atoms with Crippen molar-refractivity contribution >= 4 is 38.8 Å². The zero-order chi connectivity index (χ0) is 23.0. The third-order valence-corrected chi connectivity index (χ3v) is 6.15. The molecule has 0 saturated carbocycles. The maximum Gasteiger partial charge on any atom is 0.573 e. The lowest BCUT2D eigenvalue weighted by atomic mass is 10.2. The van der Waals surface area contributed by atoms with Crippen LogP contribution >= 0.6 is 23.2 Å². The van der Waals surface area contributed by atoms with Crippen LogP contribution in [0.1, 0.15) is 16.2 Å². The zero-order valence-electron chi connectivity index (χ0n) is 15.9. The smallest absolute Gasteiger partial charge is 0.406 e.